The third-order valence-electron chi connectivity index (χ3n) is 5.11. The van der Waals surface area contributed by atoms with E-state index >= 15 is 0 Å². The van der Waals surface area contributed by atoms with E-state index < -0.39 is 0 Å². The number of carbonyl (C=O) groups excluding carboxylic acids is 1. The first kappa shape index (κ1) is 16.7. The van der Waals surface area contributed by atoms with Crippen molar-refractivity contribution in [1.82, 2.24) is 5.32 Å². The lowest BCUT2D eigenvalue weighted by Gasteiger charge is -2.18. The highest BCUT2D eigenvalue weighted by molar-refractivity contribution is 5.91. The van der Waals surface area contributed by atoms with Crippen LogP contribution in [0.2, 0.25) is 0 Å². The van der Waals surface area contributed by atoms with Gasteiger partial charge in [0.25, 0.3) is 0 Å². The molecule has 2 aliphatic heterocycles. The van der Waals surface area contributed by atoms with E-state index in [4.69, 9.17) is 4.74 Å². The first-order valence-corrected chi connectivity index (χ1v) is 9.29. The Bertz CT molecular complexity index is 801. The second-order valence-corrected chi connectivity index (χ2v) is 6.98. The highest BCUT2D eigenvalue weighted by Gasteiger charge is 2.22. The average Bonchev–Trinajstić information content (AvgIpc) is 3.34. The number of amides is 1. The number of hydrogen-bond donors (Lipinski definition) is 1. The molecule has 1 N–H and O–H groups in total. The number of nitrogens with zero attached hydrogens (tertiary/aromatic N) is 1. The Labute approximate surface area is 154 Å². The Kier molecular flexibility index (Phi) is 4.91. The summed E-state index contributed by atoms with van der Waals surface area (Å²) in [5, 5.41) is 3.04. The van der Waals surface area contributed by atoms with Crippen LogP contribution in [0.5, 0.6) is 5.75 Å². The fourth-order valence-corrected chi connectivity index (χ4v) is 3.66. The van der Waals surface area contributed by atoms with Gasteiger partial charge in [-0.1, -0.05) is 24.3 Å². The zero-order chi connectivity index (χ0) is 17.8. The molecule has 1 atom stereocenters. The number of ether oxygens (including phenoxy) is 1. The molecule has 0 radical (unpaired) electrons. The first-order chi connectivity index (χ1) is 12.8. The minimum Gasteiger partial charge on any atom is -0.493 e. The van der Waals surface area contributed by atoms with Crippen LogP contribution in [-0.2, 0) is 11.2 Å². The lowest BCUT2D eigenvalue weighted by atomic mass is 10.1. The molecule has 2 aromatic carbocycles. The number of nitrogens with one attached hydrogen (secondary N) is 1. The van der Waals surface area contributed by atoms with Crippen molar-refractivity contribution in [2.45, 2.75) is 12.8 Å². The van der Waals surface area contributed by atoms with E-state index in [-0.39, 0.29) is 5.91 Å². The highest BCUT2D eigenvalue weighted by atomic mass is 16.5. The molecule has 1 fully saturated rings. The van der Waals surface area contributed by atoms with Crippen LogP contribution in [0.1, 0.15) is 17.5 Å². The average molecular weight is 348 g/mol. The van der Waals surface area contributed by atoms with E-state index in [9.17, 15) is 4.79 Å². The van der Waals surface area contributed by atoms with Crippen molar-refractivity contribution in [1.29, 1.82) is 0 Å². The van der Waals surface area contributed by atoms with E-state index in [1.54, 1.807) is 6.08 Å². The Balaban J connectivity index is 1.25. The number of hydrogen-bond acceptors (Lipinski definition) is 3. The van der Waals surface area contributed by atoms with Gasteiger partial charge in [0.15, 0.2) is 0 Å². The molecule has 0 aliphatic carbocycles. The first-order valence-electron chi connectivity index (χ1n) is 9.29. The van der Waals surface area contributed by atoms with Gasteiger partial charge < -0.3 is 15.0 Å². The molecule has 4 heteroatoms. The van der Waals surface area contributed by atoms with E-state index in [0.29, 0.717) is 5.92 Å². The molecule has 4 rings (SSSR count). The topological polar surface area (TPSA) is 41.6 Å². The Morgan fingerprint density at radius 2 is 2.12 bits per heavy atom. The number of para-hydroxylation sites is 1. The van der Waals surface area contributed by atoms with Gasteiger partial charge in [-0.3, -0.25) is 4.79 Å². The molecule has 0 spiro atoms. The van der Waals surface area contributed by atoms with Crippen LogP contribution in [0.25, 0.3) is 6.08 Å². The van der Waals surface area contributed by atoms with Gasteiger partial charge in [0.2, 0.25) is 5.91 Å². The monoisotopic (exact) mass is 348 g/mol. The fraction of sp³-hybridized carbons (Fsp3) is 0.318. The quantitative estimate of drug-likeness (QED) is 0.843. The number of fused-ring (bicyclic) bond motifs is 1. The van der Waals surface area contributed by atoms with Crippen LogP contribution in [0.4, 0.5) is 5.69 Å². The maximum Gasteiger partial charge on any atom is 0.244 e. The van der Waals surface area contributed by atoms with Crippen LogP contribution in [0.15, 0.2) is 54.6 Å². The molecule has 2 aromatic rings. The number of carbonyl (C=O) groups is 1. The van der Waals surface area contributed by atoms with Crippen molar-refractivity contribution in [2.75, 3.05) is 31.1 Å². The molecule has 26 heavy (non-hydrogen) atoms. The third-order valence-corrected chi connectivity index (χ3v) is 5.11. The van der Waals surface area contributed by atoms with Gasteiger partial charge in [0.05, 0.1) is 6.61 Å². The van der Waals surface area contributed by atoms with Crippen LogP contribution in [0.3, 0.4) is 0 Å². The third kappa shape index (κ3) is 3.90. The van der Waals surface area contributed by atoms with Crippen molar-refractivity contribution in [3.8, 4) is 5.75 Å². The summed E-state index contributed by atoms with van der Waals surface area (Å²) >= 11 is 0. The van der Waals surface area contributed by atoms with Gasteiger partial charge in [-0.2, -0.15) is 0 Å². The molecule has 1 amide bonds. The molecule has 0 bridgehead atoms. The molecule has 4 nitrogen and oxygen atoms in total. The van der Waals surface area contributed by atoms with Crippen LogP contribution in [0, 0.1) is 5.92 Å². The normalized spacial score (nSPS) is 18.8. The van der Waals surface area contributed by atoms with Gasteiger partial charge in [-0.15, -0.1) is 0 Å². The Morgan fingerprint density at radius 3 is 3.00 bits per heavy atom. The van der Waals surface area contributed by atoms with Gasteiger partial charge in [-0.05, 0) is 53.8 Å². The zero-order valence-electron chi connectivity index (χ0n) is 14.9. The molecule has 2 aliphatic rings. The maximum absolute atomic E-state index is 12.1. The summed E-state index contributed by atoms with van der Waals surface area (Å²) in [5.41, 5.74) is 3.53. The van der Waals surface area contributed by atoms with Crippen molar-refractivity contribution in [2.24, 2.45) is 5.92 Å². The molecule has 1 unspecified atom stereocenters. The zero-order valence-corrected chi connectivity index (χ0v) is 14.9. The van der Waals surface area contributed by atoms with Crippen molar-refractivity contribution >= 4 is 17.7 Å². The minimum atomic E-state index is -0.0279. The van der Waals surface area contributed by atoms with E-state index in [1.807, 2.05) is 24.3 Å². The predicted molar refractivity (Wildman–Crippen MR) is 104 cm³/mol. The lowest BCUT2D eigenvalue weighted by molar-refractivity contribution is -0.116. The Morgan fingerprint density at radius 1 is 1.23 bits per heavy atom. The summed E-state index contributed by atoms with van der Waals surface area (Å²) in [5.74, 6) is 1.44. The summed E-state index contributed by atoms with van der Waals surface area (Å²) in [7, 11) is 0. The van der Waals surface area contributed by atoms with Gasteiger partial charge in [0.1, 0.15) is 5.75 Å². The molecular weight excluding hydrogens is 324 g/mol. The van der Waals surface area contributed by atoms with Crippen LogP contribution >= 0.6 is 0 Å². The largest absolute Gasteiger partial charge is 0.493 e. The molecule has 0 aromatic heterocycles. The summed E-state index contributed by atoms with van der Waals surface area (Å²) in [4.78, 5) is 14.5. The van der Waals surface area contributed by atoms with Crippen molar-refractivity contribution in [3.63, 3.8) is 0 Å². The minimum absolute atomic E-state index is 0.0279. The van der Waals surface area contributed by atoms with E-state index in [1.165, 1.54) is 11.3 Å². The summed E-state index contributed by atoms with van der Waals surface area (Å²) < 4.78 is 5.51. The van der Waals surface area contributed by atoms with Gasteiger partial charge >= 0.3 is 0 Å². The maximum atomic E-state index is 12.1. The second-order valence-electron chi connectivity index (χ2n) is 6.98. The number of rotatable bonds is 5. The molecule has 2 heterocycles. The van der Waals surface area contributed by atoms with Gasteiger partial charge in [-0.25, -0.2) is 0 Å². The van der Waals surface area contributed by atoms with Gasteiger partial charge in [0, 0.05) is 37.8 Å². The van der Waals surface area contributed by atoms with Crippen LogP contribution < -0.4 is 15.0 Å². The second kappa shape index (κ2) is 7.65. The fourth-order valence-electron chi connectivity index (χ4n) is 3.66. The van der Waals surface area contributed by atoms with E-state index in [0.717, 1.165) is 50.4 Å². The smallest absolute Gasteiger partial charge is 0.244 e. The van der Waals surface area contributed by atoms with E-state index in [2.05, 4.69) is 40.5 Å². The lowest BCUT2D eigenvalue weighted by Crippen LogP contribution is -2.29. The number of benzene rings is 2. The molecule has 1 saturated heterocycles. The molecular formula is C22H24N2O2. The van der Waals surface area contributed by atoms with Crippen molar-refractivity contribution < 1.29 is 9.53 Å². The highest BCUT2D eigenvalue weighted by Crippen LogP contribution is 2.26. The summed E-state index contributed by atoms with van der Waals surface area (Å²) in [6.45, 7) is 3.53. The van der Waals surface area contributed by atoms with Crippen molar-refractivity contribution in [3.05, 3.63) is 65.7 Å². The summed E-state index contributed by atoms with van der Waals surface area (Å²) in [6.07, 6.45) is 5.56. The SMILES string of the molecule is O=C(/C=C/c1ccc2c(c1)CCO2)NCC1CCN(c2ccccc2)C1. The standard InChI is InChI=1S/C22H24N2O2/c25-22(9-7-17-6-8-21-19(14-17)11-13-26-21)23-15-18-10-12-24(16-18)20-4-2-1-3-5-20/h1-9,14,18H,10-13,15-16H2,(H,23,25)/b9-7+. The Hall–Kier alpha value is -2.75. The molecule has 0 saturated carbocycles. The predicted octanol–water partition coefficient (Wildman–Crippen LogP) is 3.28. The van der Waals surface area contributed by atoms with Crippen LogP contribution in [-0.4, -0.2) is 32.1 Å². The molecule has 134 valence electrons. The summed E-state index contributed by atoms with van der Waals surface area (Å²) in [6, 6.07) is 16.5. The number of anilines is 1.